The molecule has 0 N–H and O–H groups in total. The number of carbonyl (C=O) groups is 1. The Morgan fingerprint density at radius 1 is 1.45 bits per heavy atom. The topological polar surface area (TPSA) is 20.3 Å². The van der Waals surface area contributed by atoms with Crippen LogP contribution < -0.4 is 0 Å². The third kappa shape index (κ3) is 0.883. The molecule has 2 aliphatic heterocycles. The van der Waals surface area contributed by atoms with Crippen LogP contribution in [0.4, 0.5) is 0 Å². The van der Waals surface area contributed by atoms with E-state index in [-0.39, 0.29) is 0 Å². The zero-order chi connectivity index (χ0) is 8.01. The molecular weight excluding hydrogens is 138 g/mol. The van der Waals surface area contributed by atoms with E-state index in [1.807, 2.05) is 6.92 Å². The molecule has 2 heteroatoms. The summed E-state index contributed by atoms with van der Waals surface area (Å²) in [5, 5.41) is 0. The van der Waals surface area contributed by atoms with Crippen molar-refractivity contribution in [2.24, 2.45) is 11.8 Å². The highest BCUT2D eigenvalue weighted by molar-refractivity contribution is 5.81. The maximum Gasteiger partial charge on any atom is 0.225 e. The van der Waals surface area contributed by atoms with Crippen LogP contribution >= 0.6 is 0 Å². The van der Waals surface area contributed by atoms with E-state index in [9.17, 15) is 4.79 Å². The molecule has 0 aromatic heterocycles. The number of nitrogens with zero attached hydrogens (tertiary/aromatic N) is 1. The number of fused-ring (bicyclic) bond motifs is 1. The fraction of sp³-hybridized carbons (Fsp3) is 0.889. The molecule has 0 aromatic rings. The van der Waals surface area contributed by atoms with Crippen LogP contribution in [-0.2, 0) is 4.79 Å². The highest BCUT2D eigenvalue weighted by Gasteiger charge is 2.42. The minimum Gasteiger partial charge on any atom is -0.339 e. The summed E-state index contributed by atoms with van der Waals surface area (Å²) in [6.07, 6.45) is 2.31. The van der Waals surface area contributed by atoms with Crippen LogP contribution in [0, 0.1) is 11.8 Å². The van der Waals surface area contributed by atoms with E-state index in [0.29, 0.717) is 17.9 Å². The normalized spacial score (nSPS) is 43.3. The Labute approximate surface area is 67.6 Å². The molecule has 2 nitrogen and oxygen atoms in total. The third-order valence-electron chi connectivity index (χ3n) is 3.18. The maximum absolute atomic E-state index is 11.5. The van der Waals surface area contributed by atoms with E-state index >= 15 is 0 Å². The van der Waals surface area contributed by atoms with Gasteiger partial charge in [-0.05, 0) is 18.8 Å². The van der Waals surface area contributed by atoms with Gasteiger partial charge in [0.05, 0.1) is 0 Å². The Morgan fingerprint density at radius 3 is 2.82 bits per heavy atom. The van der Waals surface area contributed by atoms with Gasteiger partial charge >= 0.3 is 0 Å². The molecule has 0 spiro atoms. The highest BCUT2D eigenvalue weighted by Crippen LogP contribution is 2.35. The number of carbonyl (C=O) groups excluding carboxylic acids is 1. The molecule has 1 amide bonds. The molecule has 0 saturated carbocycles. The molecule has 2 saturated heterocycles. The fourth-order valence-corrected chi connectivity index (χ4v) is 2.39. The zero-order valence-corrected chi connectivity index (χ0v) is 7.21. The maximum atomic E-state index is 11.5. The molecule has 2 fully saturated rings. The van der Waals surface area contributed by atoms with Crippen molar-refractivity contribution in [2.75, 3.05) is 6.54 Å². The molecule has 2 heterocycles. The van der Waals surface area contributed by atoms with Crippen LogP contribution in [0.3, 0.4) is 0 Å². The van der Waals surface area contributed by atoms with Crippen molar-refractivity contribution >= 4 is 5.91 Å². The lowest BCUT2D eigenvalue weighted by molar-refractivity contribution is -0.130. The summed E-state index contributed by atoms with van der Waals surface area (Å²) in [5.74, 6) is 1.42. The predicted octanol–water partition coefficient (Wildman–Crippen LogP) is 1.26. The number of hydrogen-bond acceptors (Lipinski definition) is 1. The Kier molecular flexibility index (Phi) is 1.44. The van der Waals surface area contributed by atoms with Gasteiger partial charge in [-0.2, -0.15) is 0 Å². The lowest BCUT2D eigenvalue weighted by Gasteiger charge is -2.16. The molecule has 0 radical (unpaired) electrons. The van der Waals surface area contributed by atoms with Crippen molar-refractivity contribution in [2.45, 2.75) is 32.7 Å². The lowest BCUT2D eigenvalue weighted by Crippen LogP contribution is -2.29. The van der Waals surface area contributed by atoms with Gasteiger partial charge in [-0.15, -0.1) is 0 Å². The van der Waals surface area contributed by atoms with Crippen LogP contribution in [0.15, 0.2) is 0 Å². The first-order chi connectivity index (χ1) is 5.20. The van der Waals surface area contributed by atoms with Gasteiger partial charge in [0.15, 0.2) is 0 Å². The van der Waals surface area contributed by atoms with Crippen molar-refractivity contribution in [3.63, 3.8) is 0 Å². The Hall–Kier alpha value is -0.530. The second-order valence-corrected chi connectivity index (χ2v) is 4.00. The van der Waals surface area contributed by atoms with E-state index in [1.165, 1.54) is 6.42 Å². The van der Waals surface area contributed by atoms with E-state index in [4.69, 9.17) is 0 Å². The first-order valence-corrected chi connectivity index (χ1v) is 4.50. The molecule has 0 bridgehead atoms. The average Bonchev–Trinajstić information content (AvgIpc) is 2.43. The Morgan fingerprint density at radius 2 is 2.18 bits per heavy atom. The van der Waals surface area contributed by atoms with Gasteiger partial charge in [-0.1, -0.05) is 13.8 Å². The summed E-state index contributed by atoms with van der Waals surface area (Å²) >= 11 is 0. The van der Waals surface area contributed by atoms with Crippen LogP contribution in [0.25, 0.3) is 0 Å². The number of rotatable bonds is 0. The monoisotopic (exact) mass is 153 g/mol. The van der Waals surface area contributed by atoms with E-state index in [0.717, 1.165) is 18.9 Å². The SMILES string of the molecule is C[C@@H]1C[C@@H]2[C@H](C)CCN2C1=O. The van der Waals surface area contributed by atoms with Crippen LogP contribution in [-0.4, -0.2) is 23.4 Å². The Balaban J connectivity index is 2.18. The molecule has 11 heavy (non-hydrogen) atoms. The standard InChI is InChI=1S/C9H15NO/c1-6-3-4-10-8(6)5-7(2)9(10)11/h6-8H,3-5H2,1-2H3/t6-,7-,8-/m1/s1. The molecule has 2 rings (SSSR count). The largest absolute Gasteiger partial charge is 0.339 e. The number of hydrogen-bond donors (Lipinski definition) is 0. The molecule has 0 unspecified atom stereocenters. The third-order valence-corrected chi connectivity index (χ3v) is 3.18. The fourth-order valence-electron chi connectivity index (χ4n) is 2.39. The van der Waals surface area contributed by atoms with E-state index in [2.05, 4.69) is 11.8 Å². The summed E-state index contributed by atoms with van der Waals surface area (Å²) in [5.41, 5.74) is 0. The van der Waals surface area contributed by atoms with Crippen LogP contribution in [0.1, 0.15) is 26.7 Å². The van der Waals surface area contributed by atoms with Crippen LogP contribution in [0.5, 0.6) is 0 Å². The molecule has 2 aliphatic rings. The summed E-state index contributed by atoms with van der Waals surface area (Å²) in [7, 11) is 0. The average molecular weight is 153 g/mol. The first-order valence-electron chi connectivity index (χ1n) is 4.50. The first kappa shape index (κ1) is 7.14. The highest BCUT2D eigenvalue weighted by atomic mass is 16.2. The van der Waals surface area contributed by atoms with E-state index < -0.39 is 0 Å². The van der Waals surface area contributed by atoms with Crippen molar-refractivity contribution < 1.29 is 4.79 Å². The molecule has 0 aromatic carbocycles. The van der Waals surface area contributed by atoms with Gasteiger partial charge in [0.25, 0.3) is 0 Å². The van der Waals surface area contributed by atoms with Gasteiger partial charge in [0.2, 0.25) is 5.91 Å². The van der Waals surface area contributed by atoms with Gasteiger partial charge in [0, 0.05) is 18.5 Å². The smallest absolute Gasteiger partial charge is 0.225 e. The zero-order valence-electron chi connectivity index (χ0n) is 7.21. The van der Waals surface area contributed by atoms with Gasteiger partial charge in [-0.25, -0.2) is 0 Å². The van der Waals surface area contributed by atoms with Gasteiger partial charge in [0.1, 0.15) is 0 Å². The van der Waals surface area contributed by atoms with Gasteiger partial charge in [-0.3, -0.25) is 4.79 Å². The lowest BCUT2D eigenvalue weighted by atomic mass is 9.97. The Bertz CT molecular complexity index is 190. The second-order valence-electron chi connectivity index (χ2n) is 4.00. The summed E-state index contributed by atoms with van der Waals surface area (Å²) in [6, 6.07) is 0.581. The summed E-state index contributed by atoms with van der Waals surface area (Å²) in [4.78, 5) is 13.5. The summed E-state index contributed by atoms with van der Waals surface area (Å²) in [6.45, 7) is 5.32. The molecule has 3 atom stereocenters. The quantitative estimate of drug-likeness (QED) is 0.513. The molecular formula is C9H15NO. The predicted molar refractivity (Wildman–Crippen MR) is 43.1 cm³/mol. The van der Waals surface area contributed by atoms with Crippen LogP contribution in [0.2, 0.25) is 0 Å². The molecule has 62 valence electrons. The number of amides is 1. The molecule has 0 aliphatic carbocycles. The summed E-state index contributed by atoms with van der Waals surface area (Å²) < 4.78 is 0. The van der Waals surface area contributed by atoms with Crippen molar-refractivity contribution in [1.29, 1.82) is 0 Å². The minimum absolute atomic E-state index is 0.294. The minimum atomic E-state index is 0.294. The second kappa shape index (κ2) is 2.23. The van der Waals surface area contributed by atoms with Crippen molar-refractivity contribution in [3.8, 4) is 0 Å². The van der Waals surface area contributed by atoms with Crippen molar-refractivity contribution in [3.05, 3.63) is 0 Å². The van der Waals surface area contributed by atoms with Gasteiger partial charge < -0.3 is 4.90 Å². The van der Waals surface area contributed by atoms with Crippen molar-refractivity contribution in [1.82, 2.24) is 4.90 Å². The van der Waals surface area contributed by atoms with E-state index in [1.54, 1.807) is 0 Å².